The molecule has 0 saturated carbocycles. The summed E-state index contributed by atoms with van der Waals surface area (Å²) in [5.41, 5.74) is 1.20. The number of hydrogen-bond acceptors (Lipinski definition) is 2. The zero-order valence-electron chi connectivity index (χ0n) is 12.0. The van der Waals surface area contributed by atoms with E-state index in [1.807, 2.05) is 18.3 Å². The van der Waals surface area contributed by atoms with E-state index in [0.29, 0.717) is 6.54 Å². The van der Waals surface area contributed by atoms with Crippen molar-refractivity contribution in [3.05, 3.63) is 66.4 Å². The Bertz CT molecular complexity index is 797. The molecule has 4 nitrogen and oxygen atoms in total. The maximum atomic E-state index is 13.4. The van der Waals surface area contributed by atoms with Crippen LogP contribution in [0, 0.1) is 5.82 Å². The smallest absolute Gasteiger partial charge is 0.254 e. The van der Waals surface area contributed by atoms with E-state index in [4.69, 9.17) is 0 Å². The van der Waals surface area contributed by atoms with Crippen LogP contribution < -0.4 is 5.32 Å². The minimum atomic E-state index is -0.601. The fourth-order valence-electron chi connectivity index (χ4n) is 2.44. The number of amides is 1. The summed E-state index contributed by atoms with van der Waals surface area (Å²) in [7, 11) is 0. The van der Waals surface area contributed by atoms with Crippen molar-refractivity contribution < 1.29 is 9.18 Å². The first kappa shape index (κ1) is 14.3. The van der Waals surface area contributed by atoms with E-state index in [1.165, 1.54) is 23.2 Å². The molecule has 1 amide bonds. The van der Waals surface area contributed by atoms with E-state index < -0.39 is 11.7 Å². The predicted octanol–water partition coefficient (Wildman–Crippen LogP) is 3.00. The fraction of sp³-hybridized carbons (Fsp3) is 0.176. The van der Waals surface area contributed by atoms with Gasteiger partial charge >= 0.3 is 0 Å². The summed E-state index contributed by atoms with van der Waals surface area (Å²) in [6, 6.07) is 11.6. The Morgan fingerprint density at radius 3 is 2.95 bits per heavy atom. The molecule has 22 heavy (non-hydrogen) atoms. The van der Waals surface area contributed by atoms with Gasteiger partial charge in [0.15, 0.2) is 5.82 Å². The molecule has 0 saturated heterocycles. The molecule has 5 heteroatoms. The summed E-state index contributed by atoms with van der Waals surface area (Å²) in [6.07, 6.45) is 5.26. The minimum absolute atomic E-state index is 0.0291. The number of pyridine rings is 1. The van der Waals surface area contributed by atoms with Gasteiger partial charge in [0, 0.05) is 31.0 Å². The predicted molar refractivity (Wildman–Crippen MR) is 83.1 cm³/mol. The molecule has 0 unspecified atom stereocenters. The van der Waals surface area contributed by atoms with Crippen molar-refractivity contribution in [3.63, 3.8) is 0 Å². The Kier molecular flexibility index (Phi) is 4.14. The minimum Gasteiger partial charge on any atom is -0.352 e. The lowest BCUT2D eigenvalue weighted by molar-refractivity contribution is 0.0948. The number of rotatable bonds is 5. The van der Waals surface area contributed by atoms with Crippen LogP contribution in [0.2, 0.25) is 0 Å². The zero-order chi connectivity index (χ0) is 15.4. The number of halogens is 1. The number of aromatic nitrogens is 2. The van der Waals surface area contributed by atoms with Crippen LogP contribution in [0.5, 0.6) is 0 Å². The number of carbonyl (C=O) groups excluding carboxylic acids is 1. The van der Waals surface area contributed by atoms with Crippen molar-refractivity contribution in [1.29, 1.82) is 0 Å². The third-order valence-electron chi connectivity index (χ3n) is 3.56. The van der Waals surface area contributed by atoms with Crippen LogP contribution in [0.3, 0.4) is 0 Å². The number of hydrogen-bond donors (Lipinski definition) is 1. The first-order valence-corrected chi connectivity index (χ1v) is 7.17. The molecule has 3 aromatic rings. The molecule has 0 atom stereocenters. The van der Waals surface area contributed by atoms with Gasteiger partial charge < -0.3 is 9.88 Å². The van der Waals surface area contributed by atoms with Crippen LogP contribution in [-0.4, -0.2) is 22.0 Å². The monoisotopic (exact) mass is 297 g/mol. The highest BCUT2D eigenvalue weighted by atomic mass is 19.1. The van der Waals surface area contributed by atoms with E-state index in [0.717, 1.165) is 19.2 Å². The molecule has 2 heterocycles. The topological polar surface area (TPSA) is 46.9 Å². The van der Waals surface area contributed by atoms with Gasteiger partial charge in [0.1, 0.15) is 0 Å². The summed E-state index contributed by atoms with van der Waals surface area (Å²) in [6.45, 7) is 1.29. The number of fused-ring (bicyclic) bond motifs is 1. The first-order chi connectivity index (χ1) is 10.8. The van der Waals surface area contributed by atoms with Gasteiger partial charge in [-0.1, -0.05) is 18.2 Å². The van der Waals surface area contributed by atoms with Crippen molar-refractivity contribution in [2.45, 2.75) is 13.0 Å². The first-order valence-electron chi connectivity index (χ1n) is 7.17. The average Bonchev–Trinajstić information content (AvgIpc) is 2.95. The standard InChI is InChI=1S/C17H16FN3O/c18-15-12-19-9-6-14(15)17(22)20-8-3-10-21-11-7-13-4-1-2-5-16(13)21/h1-2,4-7,9,11-12H,3,8,10H2,(H,20,22). The Labute approximate surface area is 127 Å². The van der Waals surface area contributed by atoms with Gasteiger partial charge in [-0.05, 0) is 30.0 Å². The molecule has 0 spiro atoms. The van der Waals surface area contributed by atoms with Gasteiger partial charge in [0.05, 0.1) is 11.8 Å². The number of benzene rings is 1. The lowest BCUT2D eigenvalue weighted by atomic mass is 10.2. The molecule has 0 aliphatic carbocycles. The van der Waals surface area contributed by atoms with Crippen LogP contribution in [0.1, 0.15) is 16.8 Å². The lowest BCUT2D eigenvalue weighted by Gasteiger charge is -2.07. The number of nitrogens with zero attached hydrogens (tertiary/aromatic N) is 2. The van der Waals surface area contributed by atoms with E-state index >= 15 is 0 Å². The van der Waals surface area contributed by atoms with Crippen LogP contribution in [0.15, 0.2) is 55.0 Å². The second kappa shape index (κ2) is 6.39. The highest BCUT2D eigenvalue weighted by Gasteiger charge is 2.10. The van der Waals surface area contributed by atoms with Crippen LogP contribution in [0.4, 0.5) is 4.39 Å². The third kappa shape index (κ3) is 2.98. The Balaban J connectivity index is 1.54. The molecular weight excluding hydrogens is 281 g/mol. The normalized spacial score (nSPS) is 10.8. The van der Waals surface area contributed by atoms with Crippen molar-refractivity contribution in [3.8, 4) is 0 Å². The maximum absolute atomic E-state index is 13.4. The van der Waals surface area contributed by atoms with Gasteiger partial charge in [-0.2, -0.15) is 0 Å². The summed E-state index contributed by atoms with van der Waals surface area (Å²) >= 11 is 0. The molecule has 0 radical (unpaired) electrons. The lowest BCUT2D eigenvalue weighted by Crippen LogP contribution is -2.26. The highest BCUT2D eigenvalue weighted by Crippen LogP contribution is 2.15. The zero-order valence-corrected chi connectivity index (χ0v) is 12.0. The summed E-state index contributed by atoms with van der Waals surface area (Å²) < 4.78 is 15.6. The van der Waals surface area contributed by atoms with Gasteiger partial charge in [-0.3, -0.25) is 9.78 Å². The number of nitrogens with one attached hydrogen (secondary N) is 1. The third-order valence-corrected chi connectivity index (χ3v) is 3.56. The molecule has 1 N–H and O–H groups in total. The molecule has 3 rings (SSSR count). The molecule has 0 fully saturated rings. The van der Waals surface area contributed by atoms with Gasteiger partial charge in [0.2, 0.25) is 0 Å². The quantitative estimate of drug-likeness (QED) is 0.736. The van der Waals surface area contributed by atoms with Crippen molar-refractivity contribution in [2.75, 3.05) is 6.54 Å². The number of aryl methyl sites for hydroxylation is 1. The fourth-order valence-corrected chi connectivity index (χ4v) is 2.44. The highest BCUT2D eigenvalue weighted by molar-refractivity contribution is 5.94. The van der Waals surface area contributed by atoms with E-state index in [1.54, 1.807) is 0 Å². The van der Waals surface area contributed by atoms with E-state index in [-0.39, 0.29) is 5.56 Å². The van der Waals surface area contributed by atoms with Crippen LogP contribution in [-0.2, 0) is 6.54 Å². The second-order valence-electron chi connectivity index (χ2n) is 5.03. The largest absolute Gasteiger partial charge is 0.352 e. The van der Waals surface area contributed by atoms with Gasteiger partial charge in [-0.25, -0.2) is 4.39 Å². The Morgan fingerprint density at radius 1 is 1.23 bits per heavy atom. The summed E-state index contributed by atoms with van der Waals surface area (Å²) in [5.74, 6) is -1.01. The summed E-state index contributed by atoms with van der Waals surface area (Å²) in [5, 5.41) is 3.93. The second-order valence-corrected chi connectivity index (χ2v) is 5.03. The molecule has 2 aromatic heterocycles. The van der Waals surface area contributed by atoms with Gasteiger partial charge in [0.25, 0.3) is 5.91 Å². The van der Waals surface area contributed by atoms with Gasteiger partial charge in [-0.15, -0.1) is 0 Å². The average molecular weight is 297 g/mol. The Morgan fingerprint density at radius 2 is 2.09 bits per heavy atom. The number of carbonyl (C=O) groups is 1. The van der Waals surface area contributed by atoms with Crippen molar-refractivity contribution in [1.82, 2.24) is 14.9 Å². The van der Waals surface area contributed by atoms with E-state index in [2.05, 4.69) is 33.1 Å². The summed E-state index contributed by atoms with van der Waals surface area (Å²) in [4.78, 5) is 15.5. The molecule has 112 valence electrons. The van der Waals surface area contributed by atoms with E-state index in [9.17, 15) is 9.18 Å². The SMILES string of the molecule is O=C(NCCCn1ccc2ccccc21)c1ccncc1F. The molecular formula is C17H16FN3O. The van der Waals surface area contributed by atoms with Crippen LogP contribution >= 0.6 is 0 Å². The number of para-hydroxylation sites is 1. The van der Waals surface area contributed by atoms with Crippen molar-refractivity contribution >= 4 is 16.8 Å². The van der Waals surface area contributed by atoms with Crippen LogP contribution in [0.25, 0.3) is 10.9 Å². The van der Waals surface area contributed by atoms with Crippen molar-refractivity contribution in [2.24, 2.45) is 0 Å². The molecule has 0 aliphatic heterocycles. The molecule has 1 aromatic carbocycles. The molecule has 0 bridgehead atoms. The Hall–Kier alpha value is -2.69. The molecule has 0 aliphatic rings. The maximum Gasteiger partial charge on any atom is 0.254 e.